The highest BCUT2D eigenvalue weighted by Crippen LogP contribution is 2.21. The monoisotopic (exact) mass is 142 g/mol. The number of hydrogen-bond donors (Lipinski definition) is 1. The van der Waals surface area contributed by atoms with E-state index in [2.05, 4.69) is 0 Å². The molecule has 1 aliphatic rings. The van der Waals surface area contributed by atoms with E-state index >= 15 is 0 Å². The minimum Gasteiger partial charge on any atom is -0.495 e. The lowest BCUT2D eigenvalue weighted by molar-refractivity contribution is 0.0321. The second-order valence-electron chi connectivity index (χ2n) is 3.12. The van der Waals surface area contributed by atoms with E-state index in [0.29, 0.717) is 0 Å². The summed E-state index contributed by atoms with van der Waals surface area (Å²) in [4.78, 5) is 0. The lowest BCUT2D eigenvalue weighted by Gasteiger charge is -2.24. The van der Waals surface area contributed by atoms with Crippen LogP contribution in [0.15, 0.2) is 11.8 Å². The molecule has 1 aliphatic heterocycles. The fraction of sp³-hybridized carbons (Fsp3) is 0.750. The summed E-state index contributed by atoms with van der Waals surface area (Å²) in [5, 5.41) is 9.45. The molecule has 1 heterocycles. The lowest BCUT2D eigenvalue weighted by Crippen LogP contribution is -2.25. The number of ether oxygens (including phenoxy) is 1. The molecule has 2 heteroatoms. The second kappa shape index (κ2) is 2.62. The zero-order valence-corrected chi connectivity index (χ0v) is 6.55. The molecule has 0 atom stereocenters. The maximum atomic E-state index is 9.45. The van der Waals surface area contributed by atoms with Gasteiger partial charge in [-0.25, -0.2) is 0 Å². The number of aliphatic hydroxyl groups is 1. The van der Waals surface area contributed by atoms with Crippen LogP contribution in [-0.2, 0) is 4.74 Å². The van der Waals surface area contributed by atoms with Gasteiger partial charge >= 0.3 is 0 Å². The van der Waals surface area contributed by atoms with E-state index in [-0.39, 0.29) is 0 Å². The quantitative estimate of drug-likeness (QED) is 0.600. The highest BCUT2D eigenvalue weighted by atomic mass is 16.5. The minimum atomic E-state index is -0.791. The van der Waals surface area contributed by atoms with Gasteiger partial charge in [-0.1, -0.05) is 0 Å². The number of hydrogen-bond acceptors (Lipinski definition) is 2. The van der Waals surface area contributed by atoms with Crippen molar-refractivity contribution < 1.29 is 9.84 Å². The van der Waals surface area contributed by atoms with Crippen LogP contribution in [0.3, 0.4) is 0 Å². The first-order valence-corrected chi connectivity index (χ1v) is 3.66. The molecule has 10 heavy (non-hydrogen) atoms. The minimum absolute atomic E-state index is 0.721. The smallest absolute Gasteiger partial charge is 0.123 e. The van der Waals surface area contributed by atoms with Crippen LogP contribution in [0.4, 0.5) is 0 Å². The Morgan fingerprint density at radius 1 is 1.60 bits per heavy atom. The van der Waals surface area contributed by atoms with Crippen molar-refractivity contribution in [3.63, 3.8) is 0 Å². The topological polar surface area (TPSA) is 29.5 Å². The second-order valence-corrected chi connectivity index (χ2v) is 3.12. The lowest BCUT2D eigenvalue weighted by atomic mass is 10.0. The molecule has 0 unspecified atom stereocenters. The third-order valence-electron chi connectivity index (χ3n) is 1.54. The summed E-state index contributed by atoms with van der Waals surface area (Å²) in [6, 6.07) is 0. The SMILES string of the molecule is CC(C)(O)C1=CCCCO1. The molecular weight excluding hydrogens is 128 g/mol. The molecule has 0 spiro atoms. The Hall–Kier alpha value is -0.500. The average molecular weight is 142 g/mol. The third-order valence-corrected chi connectivity index (χ3v) is 1.54. The molecule has 0 aromatic carbocycles. The van der Waals surface area contributed by atoms with Crippen LogP contribution in [0, 0.1) is 0 Å². The zero-order chi connectivity index (χ0) is 7.61. The molecular formula is C8H14O2. The maximum Gasteiger partial charge on any atom is 0.123 e. The average Bonchev–Trinajstić information content (AvgIpc) is 1.88. The Morgan fingerprint density at radius 2 is 2.30 bits per heavy atom. The van der Waals surface area contributed by atoms with Crippen molar-refractivity contribution in [1.82, 2.24) is 0 Å². The van der Waals surface area contributed by atoms with Crippen LogP contribution in [0.5, 0.6) is 0 Å². The van der Waals surface area contributed by atoms with E-state index in [1.807, 2.05) is 6.08 Å². The molecule has 1 rings (SSSR count). The van der Waals surface area contributed by atoms with Gasteiger partial charge in [-0.05, 0) is 32.8 Å². The summed E-state index contributed by atoms with van der Waals surface area (Å²) in [6.45, 7) is 4.23. The Kier molecular flexibility index (Phi) is 2.00. The van der Waals surface area contributed by atoms with Crippen LogP contribution < -0.4 is 0 Å². The first-order chi connectivity index (χ1) is 4.61. The first kappa shape index (κ1) is 7.61. The van der Waals surface area contributed by atoms with Gasteiger partial charge in [0, 0.05) is 0 Å². The van der Waals surface area contributed by atoms with E-state index in [4.69, 9.17) is 4.74 Å². The number of allylic oxidation sites excluding steroid dienone is 1. The van der Waals surface area contributed by atoms with Crippen molar-refractivity contribution >= 4 is 0 Å². The summed E-state index contributed by atoms with van der Waals surface area (Å²) in [7, 11) is 0. The Labute approximate surface area is 61.5 Å². The molecule has 0 fully saturated rings. The van der Waals surface area contributed by atoms with Gasteiger partial charge in [0.2, 0.25) is 0 Å². The number of rotatable bonds is 1. The van der Waals surface area contributed by atoms with Crippen molar-refractivity contribution in [2.75, 3.05) is 6.61 Å². The first-order valence-electron chi connectivity index (χ1n) is 3.66. The largest absolute Gasteiger partial charge is 0.495 e. The molecule has 0 bridgehead atoms. The van der Waals surface area contributed by atoms with E-state index in [1.54, 1.807) is 13.8 Å². The Balaban J connectivity index is 2.62. The van der Waals surface area contributed by atoms with Crippen molar-refractivity contribution in [2.24, 2.45) is 0 Å². The fourth-order valence-electron chi connectivity index (χ4n) is 0.984. The molecule has 2 nitrogen and oxygen atoms in total. The molecule has 0 aromatic rings. The zero-order valence-electron chi connectivity index (χ0n) is 6.55. The van der Waals surface area contributed by atoms with Gasteiger partial charge in [-0.15, -0.1) is 0 Å². The maximum absolute atomic E-state index is 9.45. The predicted molar refractivity (Wildman–Crippen MR) is 39.6 cm³/mol. The van der Waals surface area contributed by atoms with Crippen molar-refractivity contribution in [3.8, 4) is 0 Å². The normalized spacial score (nSPS) is 19.7. The van der Waals surface area contributed by atoms with Gasteiger partial charge in [0.05, 0.1) is 6.61 Å². The molecule has 0 saturated heterocycles. The summed E-state index contributed by atoms with van der Waals surface area (Å²) in [5.74, 6) is 0.721. The summed E-state index contributed by atoms with van der Waals surface area (Å²) >= 11 is 0. The van der Waals surface area contributed by atoms with Crippen LogP contribution in [0.1, 0.15) is 26.7 Å². The van der Waals surface area contributed by atoms with Gasteiger partial charge in [0.25, 0.3) is 0 Å². The summed E-state index contributed by atoms with van der Waals surface area (Å²) in [5.41, 5.74) is -0.791. The molecule has 0 radical (unpaired) electrons. The molecule has 58 valence electrons. The summed E-state index contributed by atoms with van der Waals surface area (Å²) in [6.07, 6.45) is 4.06. The van der Waals surface area contributed by atoms with Crippen LogP contribution >= 0.6 is 0 Å². The van der Waals surface area contributed by atoms with E-state index in [0.717, 1.165) is 25.2 Å². The van der Waals surface area contributed by atoms with Crippen molar-refractivity contribution in [1.29, 1.82) is 0 Å². The van der Waals surface area contributed by atoms with Gasteiger partial charge in [0.15, 0.2) is 0 Å². The van der Waals surface area contributed by atoms with Crippen LogP contribution in [0.25, 0.3) is 0 Å². The Morgan fingerprint density at radius 3 is 2.60 bits per heavy atom. The van der Waals surface area contributed by atoms with Crippen molar-refractivity contribution in [3.05, 3.63) is 11.8 Å². The molecule has 0 aliphatic carbocycles. The predicted octanol–water partition coefficient (Wildman–Crippen LogP) is 1.45. The van der Waals surface area contributed by atoms with Gasteiger partial charge < -0.3 is 9.84 Å². The highest BCUT2D eigenvalue weighted by molar-refractivity contribution is 5.07. The van der Waals surface area contributed by atoms with E-state index in [9.17, 15) is 5.11 Å². The highest BCUT2D eigenvalue weighted by Gasteiger charge is 2.21. The van der Waals surface area contributed by atoms with Gasteiger partial charge in [-0.2, -0.15) is 0 Å². The van der Waals surface area contributed by atoms with Gasteiger partial charge in [0.1, 0.15) is 11.4 Å². The standard InChI is InChI=1S/C8H14O2/c1-8(2,9)7-5-3-4-6-10-7/h5,9H,3-4,6H2,1-2H3. The summed E-state index contributed by atoms with van der Waals surface area (Å²) < 4.78 is 5.25. The van der Waals surface area contributed by atoms with Crippen LogP contribution in [0.2, 0.25) is 0 Å². The van der Waals surface area contributed by atoms with Crippen molar-refractivity contribution in [2.45, 2.75) is 32.3 Å². The third kappa shape index (κ3) is 1.74. The van der Waals surface area contributed by atoms with E-state index in [1.165, 1.54) is 0 Å². The molecule has 0 amide bonds. The molecule has 1 N–H and O–H groups in total. The van der Waals surface area contributed by atoms with Gasteiger partial charge in [-0.3, -0.25) is 0 Å². The Bertz CT molecular complexity index is 142. The fourth-order valence-corrected chi connectivity index (χ4v) is 0.984. The van der Waals surface area contributed by atoms with Crippen LogP contribution in [-0.4, -0.2) is 17.3 Å². The molecule has 0 saturated carbocycles. The van der Waals surface area contributed by atoms with E-state index < -0.39 is 5.60 Å². The molecule has 0 aromatic heterocycles.